The molecule has 1 aliphatic rings. The molecule has 8 nitrogen and oxygen atoms in total. The van der Waals surface area contributed by atoms with E-state index in [2.05, 4.69) is 38.6 Å². The summed E-state index contributed by atoms with van der Waals surface area (Å²) in [6.45, 7) is 3.79. The Labute approximate surface area is 220 Å². The number of aryl methyl sites for hydroxylation is 1. The summed E-state index contributed by atoms with van der Waals surface area (Å²) >= 11 is 12.3. The van der Waals surface area contributed by atoms with Gasteiger partial charge >= 0.3 is 0 Å². The summed E-state index contributed by atoms with van der Waals surface area (Å²) in [6.07, 6.45) is 2.98. The molecule has 186 valence electrons. The molecule has 1 aromatic heterocycles. The lowest BCUT2D eigenvalue weighted by atomic mass is 9.72. The van der Waals surface area contributed by atoms with Gasteiger partial charge in [-0.15, -0.1) is 0 Å². The Kier molecular flexibility index (Phi) is 7.65. The molecular formula is C26H26Cl2N6O2. The monoisotopic (exact) mass is 524 g/mol. The maximum Gasteiger partial charge on any atom is 0.262 e. The molecule has 4 rings (SSSR count). The molecule has 2 heterocycles. The molecule has 0 unspecified atom stereocenters. The van der Waals surface area contributed by atoms with Gasteiger partial charge in [0, 0.05) is 11.9 Å². The Hall–Kier alpha value is -3.38. The Balaban J connectivity index is 1.53. The fourth-order valence-corrected chi connectivity index (χ4v) is 4.88. The lowest BCUT2D eigenvalue weighted by Crippen LogP contribution is -2.40. The molecule has 2 aromatic carbocycles. The summed E-state index contributed by atoms with van der Waals surface area (Å²) in [5.41, 5.74) is 2.78. The lowest BCUT2D eigenvalue weighted by Gasteiger charge is -2.36. The van der Waals surface area contributed by atoms with E-state index >= 15 is 0 Å². The standard InChI is InChI=1S/C26H26Cl2N6O2/c1-16-13-17(7-8-19(16)26(15-29)9-11-34(2)12-10-26)31-25-30-14-18(24(33-25)36-3)23(35)32-22-20(27)5-4-6-21(22)28/h4-8,13-14H,9-12H2,1-3H3,(H,32,35)(H,30,31,33). The molecule has 1 amide bonds. The predicted octanol–water partition coefficient (Wildman–Crippen LogP) is 5.58. The molecule has 0 radical (unpaired) electrons. The second kappa shape index (κ2) is 10.7. The van der Waals surface area contributed by atoms with Crippen molar-refractivity contribution in [1.82, 2.24) is 14.9 Å². The Bertz CT molecular complexity index is 1310. The molecule has 0 bridgehead atoms. The van der Waals surface area contributed by atoms with Crippen LogP contribution in [0.4, 0.5) is 17.3 Å². The number of carbonyl (C=O) groups excluding carboxylic acids is 1. The van der Waals surface area contributed by atoms with E-state index in [0.29, 0.717) is 15.7 Å². The number of para-hydroxylation sites is 1. The molecule has 1 aliphatic heterocycles. The minimum atomic E-state index is -0.506. The zero-order valence-electron chi connectivity index (χ0n) is 20.2. The molecule has 0 atom stereocenters. The lowest BCUT2D eigenvalue weighted by molar-refractivity contribution is 0.102. The number of nitrogens with one attached hydrogen (secondary N) is 2. The average molecular weight is 525 g/mol. The van der Waals surface area contributed by atoms with E-state index < -0.39 is 11.3 Å². The number of benzene rings is 2. The Morgan fingerprint density at radius 3 is 2.50 bits per heavy atom. The zero-order chi connectivity index (χ0) is 25.9. The number of amides is 1. The van der Waals surface area contributed by atoms with Crippen LogP contribution in [0.15, 0.2) is 42.6 Å². The minimum absolute atomic E-state index is 0.0938. The molecule has 0 spiro atoms. The van der Waals surface area contributed by atoms with Crippen molar-refractivity contribution in [3.8, 4) is 11.9 Å². The number of likely N-dealkylation sites (tertiary alicyclic amines) is 1. The first-order valence-electron chi connectivity index (χ1n) is 11.4. The summed E-state index contributed by atoms with van der Waals surface area (Å²) in [7, 11) is 3.50. The van der Waals surface area contributed by atoms with Gasteiger partial charge in [0.25, 0.3) is 5.91 Å². The van der Waals surface area contributed by atoms with E-state index in [9.17, 15) is 10.1 Å². The van der Waals surface area contributed by atoms with Crippen LogP contribution in [0.1, 0.15) is 34.3 Å². The van der Waals surface area contributed by atoms with E-state index in [1.807, 2.05) is 25.1 Å². The number of ether oxygens (including phenoxy) is 1. The maximum absolute atomic E-state index is 12.8. The number of hydrogen-bond donors (Lipinski definition) is 2. The molecule has 2 N–H and O–H groups in total. The van der Waals surface area contributed by atoms with Gasteiger partial charge < -0.3 is 20.3 Å². The third-order valence-electron chi connectivity index (χ3n) is 6.45. The number of methoxy groups -OCH3 is 1. The normalized spacial score (nSPS) is 15.1. The first-order chi connectivity index (χ1) is 17.3. The summed E-state index contributed by atoms with van der Waals surface area (Å²) < 4.78 is 5.34. The summed E-state index contributed by atoms with van der Waals surface area (Å²) in [6, 6.07) is 13.4. The summed E-state index contributed by atoms with van der Waals surface area (Å²) in [5, 5.41) is 16.5. The highest BCUT2D eigenvalue weighted by Gasteiger charge is 2.36. The number of rotatable bonds is 6. The number of halogens is 2. The predicted molar refractivity (Wildman–Crippen MR) is 141 cm³/mol. The molecule has 1 saturated heterocycles. The Morgan fingerprint density at radius 1 is 1.19 bits per heavy atom. The fourth-order valence-electron chi connectivity index (χ4n) is 4.38. The van der Waals surface area contributed by atoms with Crippen LogP contribution in [0, 0.1) is 18.3 Å². The highest BCUT2D eigenvalue weighted by molar-refractivity contribution is 6.40. The number of nitrogens with zero attached hydrogens (tertiary/aromatic N) is 4. The molecular weight excluding hydrogens is 499 g/mol. The van der Waals surface area contributed by atoms with Crippen molar-refractivity contribution in [2.75, 3.05) is 37.9 Å². The maximum atomic E-state index is 12.8. The van der Waals surface area contributed by atoms with Crippen LogP contribution in [0.25, 0.3) is 0 Å². The van der Waals surface area contributed by atoms with E-state index in [0.717, 1.165) is 42.7 Å². The second-order valence-corrected chi connectivity index (χ2v) is 9.63. The molecule has 0 aliphatic carbocycles. The molecule has 36 heavy (non-hydrogen) atoms. The molecule has 3 aromatic rings. The zero-order valence-corrected chi connectivity index (χ0v) is 21.7. The van der Waals surface area contributed by atoms with Gasteiger partial charge in [-0.25, -0.2) is 4.98 Å². The van der Waals surface area contributed by atoms with Crippen molar-refractivity contribution in [3.05, 3.63) is 69.3 Å². The molecule has 1 fully saturated rings. The molecule has 10 heteroatoms. The van der Waals surface area contributed by atoms with Gasteiger partial charge in [-0.05, 0) is 75.3 Å². The van der Waals surface area contributed by atoms with Crippen molar-refractivity contribution in [3.63, 3.8) is 0 Å². The van der Waals surface area contributed by atoms with Crippen molar-refractivity contribution in [2.24, 2.45) is 0 Å². The quantitative estimate of drug-likeness (QED) is 0.433. The number of anilines is 3. The number of carbonyl (C=O) groups is 1. The third-order valence-corrected chi connectivity index (χ3v) is 7.08. The van der Waals surface area contributed by atoms with Crippen LogP contribution in [-0.2, 0) is 5.41 Å². The van der Waals surface area contributed by atoms with Crippen LogP contribution in [-0.4, -0.2) is 48.0 Å². The van der Waals surface area contributed by atoms with Crippen molar-refractivity contribution in [2.45, 2.75) is 25.2 Å². The first-order valence-corrected chi connectivity index (χ1v) is 12.2. The van der Waals surface area contributed by atoms with Gasteiger partial charge in [0.05, 0.1) is 34.3 Å². The number of nitriles is 1. The average Bonchev–Trinajstić information content (AvgIpc) is 2.87. The van der Waals surface area contributed by atoms with Gasteiger partial charge in [-0.2, -0.15) is 10.2 Å². The SMILES string of the molecule is COc1nc(Nc2ccc(C3(C#N)CCN(C)CC3)c(C)c2)ncc1C(=O)Nc1c(Cl)cccc1Cl. The van der Waals surface area contributed by atoms with E-state index in [4.69, 9.17) is 27.9 Å². The third kappa shape index (κ3) is 5.24. The highest BCUT2D eigenvalue weighted by Crippen LogP contribution is 2.37. The van der Waals surface area contributed by atoms with Crippen LogP contribution in [0.3, 0.4) is 0 Å². The summed E-state index contributed by atoms with van der Waals surface area (Å²) in [4.78, 5) is 23.7. The smallest absolute Gasteiger partial charge is 0.262 e. The van der Waals surface area contributed by atoms with Crippen molar-refractivity contribution >= 4 is 46.4 Å². The fraction of sp³-hybridized carbons (Fsp3) is 0.308. The van der Waals surface area contributed by atoms with Gasteiger partial charge in [0.15, 0.2) is 0 Å². The molecule has 0 saturated carbocycles. The minimum Gasteiger partial charge on any atom is -0.480 e. The number of hydrogen-bond acceptors (Lipinski definition) is 7. The number of piperidine rings is 1. The first kappa shape index (κ1) is 25.7. The Morgan fingerprint density at radius 2 is 1.89 bits per heavy atom. The van der Waals surface area contributed by atoms with E-state index in [1.54, 1.807) is 18.2 Å². The van der Waals surface area contributed by atoms with Crippen LogP contribution in [0.2, 0.25) is 10.0 Å². The second-order valence-electron chi connectivity index (χ2n) is 8.82. The highest BCUT2D eigenvalue weighted by atomic mass is 35.5. The van der Waals surface area contributed by atoms with Gasteiger partial charge in [0.2, 0.25) is 11.8 Å². The van der Waals surface area contributed by atoms with Gasteiger partial charge in [-0.3, -0.25) is 4.79 Å². The van der Waals surface area contributed by atoms with Gasteiger partial charge in [0.1, 0.15) is 5.56 Å². The van der Waals surface area contributed by atoms with Crippen LogP contribution >= 0.6 is 23.2 Å². The number of aromatic nitrogens is 2. The summed E-state index contributed by atoms with van der Waals surface area (Å²) in [5.74, 6) is -0.148. The van der Waals surface area contributed by atoms with E-state index in [1.165, 1.54) is 13.3 Å². The van der Waals surface area contributed by atoms with Gasteiger partial charge in [-0.1, -0.05) is 35.3 Å². The van der Waals surface area contributed by atoms with Crippen molar-refractivity contribution < 1.29 is 9.53 Å². The topological polar surface area (TPSA) is 103 Å². The van der Waals surface area contributed by atoms with Crippen LogP contribution in [0.5, 0.6) is 5.88 Å². The van der Waals surface area contributed by atoms with Crippen LogP contribution < -0.4 is 15.4 Å². The largest absolute Gasteiger partial charge is 0.480 e. The van der Waals surface area contributed by atoms with E-state index in [-0.39, 0.29) is 17.4 Å². The van der Waals surface area contributed by atoms with Crippen molar-refractivity contribution in [1.29, 1.82) is 5.26 Å².